The number of hydrogen-bond donors (Lipinski definition) is 1. The van der Waals surface area contributed by atoms with Gasteiger partial charge in [-0.1, -0.05) is 13.3 Å². The summed E-state index contributed by atoms with van der Waals surface area (Å²) in [5.41, 5.74) is -0.897. The first-order chi connectivity index (χ1) is 7.79. The minimum Gasteiger partial charge on any atom is -0.481 e. The average molecular weight is 252 g/mol. The molecule has 0 heterocycles. The maximum Gasteiger partial charge on any atom is 0.389 e. The van der Waals surface area contributed by atoms with Crippen LogP contribution in [0.2, 0.25) is 0 Å². The van der Waals surface area contributed by atoms with E-state index in [4.69, 9.17) is 0 Å². The van der Waals surface area contributed by atoms with Crippen molar-refractivity contribution in [3.8, 4) is 0 Å². The van der Waals surface area contributed by atoms with Crippen molar-refractivity contribution in [2.24, 2.45) is 11.3 Å². The van der Waals surface area contributed by atoms with Gasteiger partial charge < -0.3 is 5.11 Å². The Bertz CT molecular complexity index is 275. The predicted molar refractivity (Wildman–Crippen MR) is 57.6 cm³/mol. The zero-order valence-corrected chi connectivity index (χ0v) is 10.0. The molecule has 17 heavy (non-hydrogen) atoms. The normalized spacial score (nSPS) is 29.5. The van der Waals surface area contributed by atoms with Gasteiger partial charge in [-0.05, 0) is 38.0 Å². The van der Waals surface area contributed by atoms with Gasteiger partial charge in [-0.3, -0.25) is 4.79 Å². The molecule has 0 aliphatic heterocycles. The van der Waals surface area contributed by atoms with Crippen LogP contribution in [0.5, 0.6) is 0 Å². The fourth-order valence-corrected chi connectivity index (χ4v) is 2.74. The highest BCUT2D eigenvalue weighted by Crippen LogP contribution is 2.47. The number of hydrogen-bond acceptors (Lipinski definition) is 1. The van der Waals surface area contributed by atoms with Crippen molar-refractivity contribution in [2.45, 2.75) is 58.0 Å². The molecule has 1 N–H and O–H groups in total. The standard InChI is InChI=1S/C12H19F3O2/c1-2-9-4-7-11(8-9,10(16)17)5-3-6-12(13,14)15/h9H,2-8H2,1H3,(H,16,17). The number of carboxylic acid groups (broad SMARTS) is 1. The number of aliphatic carboxylic acids is 1. The van der Waals surface area contributed by atoms with Crippen LogP contribution in [-0.2, 0) is 4.79 Å². The van der Waals surface area contributed by atoms with E-state index < -0.39 is 24.0 Å². The average Bonchev–Trinajstić information content (AvgIpc) is 2.61. The van der Waals surface area contributed by atoms with E-state index in [0.717, 1.165) is 12.8 Å². The molecule has 2 unspecified atom stereocenters. The fourth-order valence-electron chi connectivity index (χ4n) is 2.74. The Morgan fingerprint density at radius 3 is 2.53 bits per heavy atom. The molecule has 0 bridgehead atoms. The first-order valence-electron chi connectivity index (χ1n) is 6.09. The summed E-state index contributed by atoms with van der Waals surface area (Å²) in [5.74, 6) is -0.562. The maximum absolute atomic E-state index is 12.1. The Morgan fingerprint density at radius 1 is 1.47 bits per heavy atom. The Morgan fingerprint density at radius 2 is 2.12 bits per heavy atom. The van der Waals surface area contributed by atoms with E-state index in [2.05, 4.69) is 0 Å². The van der Waals surface area contributed by atoms with Crippen LogP contribution in [0, 0.1) is 11.3 Å². The Balaban J connectivity index is 2.53. The second kappa shape index (κ2) is 5.27. The Labute approximate surface area is 99.2 Å². The van der Waals surface area contributed by atoms with Crippen molar-refractivity contribution in [1.82, 2.24) is 0 Å². The van der Waals surface area contributed by atoms with Gasteiger partial charge in [0, 0.05) is 6.42 Å². The molecule has 1 saturated carbocycles. The summed E-state index contributed by atoms with van der Waals surface area (Å²) in [6.07, 6.45) is -2.18. The summed E-state index contributed by atoms with van der Waals surface area (Å²) in [5, 5.41) is 9.23. The molecule has 0 aromatic heterocycles. The molecule has 1 rings (SSSR count). The number of carbonyl (C=O) groups is 1. The van der Waals surface area contributed by atoms with Crippen LogP contribution in [0.4, 0.5) is 13.2 Å². The minimum absolute atomic E-state index is 0.0771. The van der Waals surface area contributed by atoms with Crippen molar-refractivity contribution in [3.63, 3.8) is 0 Å². The lowest BCUT2D eigenvalue weighted by molar-refractivity contribution is -0.152. The molecule has 1 aliphatic rings. The molecular formula is C12H19F3O2. The van der Waals surface area contributed by atoms with E-state index in [-0.39, 0.29) is 12.8 Å². The van der Waals surface area contributed by atoms with Crippen LogP contribution < -0.4 is 0 Å². The fraction of sp³-hybridized carbons (Fsp3) is 0.917. The Kier molecular flexibility index (Phi) is 4.44. The number of rotatable bonds is 5. The third-order valence-electron chi connectivity index (χ3n) is 3.86. The van der Waals surface area contributed by atoms with E-state index in [9.17, 15) is 23.1 Å². The van der Waals surface area contributed by atoms with Gasteiger partial charge in [-0.15, -0.1) is 0 Å². The zero-order valence-electron chi connectivity index (χ0n) is 10.0. The van der Waals surface area contributed by atoms with Crippen LogP contribution in [0.3, 0.4) is 0 Å². The predicted octanol–water partition coefficient (Wildman–Crippen LogP) is 4.00. The van der Waals surface area contributed by atoms with Gasteiger partial charge in [0.25, 0.3) is 0 Å². The molecule has 0 aromatic carbocycles. The van der Waals surface area contributed by atoms with E-state index >= 15 is 0 Å². The van der Waals surface area contributed by atoms with Crippen LogP contribution in [0.25, 0.3) is 0 Å². The van der Waals surface area contributed by atoms with Crippen LogP contribution in [0.1, 0.15) is 51.9 Å². The molecule has 100 valence electrons. The van der Waals surface area contributed by atoms with Gasteiger partial charge in [0.2, 0.25) is 0 Å². The number of halogens is 3. The highest BCUT2D eigenvalue weighted by atomic mass is 19.4. The van der Waals surface area contributed by atoms with Crippen LogP contribution in [-0.4, -0.2) is 17.3 Å². The monoisotopic (exact) mass is 252 g/mol. The molecule has 2 nitrogen and oxygen atoms in total. The number of carboxylic acids is 1. The summed E-state index contributed by atoms with van der Waals surface area (Å²) in [6.45, 7) is 2.00. The van der Waals surface area contributed by atoms with Crippen molar-refractivity contribution in [1.29, 1.82) is 0 Å². The minimum atomic E-state index is -4.18. The van der Waals surface area contributed by atoms with E-state index in [1.165, 1.54) is 0 Å². The van der Waals surface area contributed by atoms with Gasteiger partial charge >= 0.3 is 12.1 Å². The summed E-state index contributed by atoms with van der Waals surface area (Å²) >= 11 is 0. The lowest BCUT2D eigenvalue weighted by Gasteiger charge is -2.24. The molecule has 0 radical (unpaired) electrons. The van der Waals surface area contributed by atoms with Gasteiger partial charge in [-0.2, -0.15) is 13.2 Å². The quantitative estimate of drug-likeness (QED) is 0.803. The summed E-state index contributed by atoms with van der Waals surface area (Å²) in [7, 11) is 0. The van der Waals surface area contributed by atoms with Crippen molar-refractivity contribution in [3.05, 3.63) is 0 Å². The molecule has 0 amide bonds. The molecule has 2 atom stereocenters. The van der Waals surface area contributed by atoms with Gasteiger partial charge in [0.1, 0.15) is 0 Å². The lowest BCUT2D eigenvalue weighted by Crippen LogP contribution is -2.28. The van der Waals surface area contributed by atoms with E-state index in [1.54, 1.807) is 0 Å². The first kappa shape index (κ1) is 14.3. The summed E-state index contributed by atoms with van der Waals surface area (Å²) in [6, 6.07) is 0. The molecule has 0 saturated heterocycles. The van der Waals surface area contributed by atoms with Crippen molar-refractivity contribution < 1.29 is 23.1 Å². The van der Waals surface area contributed by atoms with Crippen LogP contribution >= 0.6 is 0 Å². The van der Waals surface area contributed by atoms with E-state index in [0.29, 0.717) is 18.8 Å². The Hall–Kier alpha value is -0.740. The van der Waals surface area contributed by atoms with Gasteiger partial charge in [0.05, 0.1) is 5.41 Å². The molecule has 0 spiro atoms. The topological polar surface area (TPSA) is 37.3 Å². The second-order valence-electron chi connectivity index (χ2n) is 5.07. The highest BCUT2D eigenvalue weighted by Gasteiger charge is 2.44. The third kappa shape index (κ3) is 3.89. The summed E-state index contributed by atoms with van der Waals surface area (Å²) < 4.78 is 36.2. The molecular weight excluding hydrogens is 233 g/mol. The smallest absolute Gasteiger partial charge is 0.389 e. The molecule has 1 aliphatic carbocycles. The molecule has 1 fully saturated rings. The van der Waals surface area contributed by atoms with Crippen molar-refractivity contribution >= 4 is 5.97 Å². The van der Waals surface area contributed by atoms with Gasteiger partial charge in [0.15, 0.2) is 0 Å². The zero-order chi connectivity index (χ0) is 13.1. The maximum atomic E-state index is 12.1. The summed E-state index contributed by atoms with van der Waals surface area (Å²) in [4.78, 5) is 11.3. The van der Waals surface area contributed by atoms with Crippen LogP contribution in [0.15, 0.2) is 0 Å². The molecule has 0 aromatic rings. The largest absolute Gasteiger partial charge is 0.481 e. The number of alkyl halides is 3. The third-order valence-corrected chi connectivity index (χ3v) is 3.86. The highest BCUT2D eigenvalue weighted by molar-refractivity contribution is 5.75. The first-order valence-corrected chi connectivity index (χ1v) is 6.09. The second-order valence-corrected chi connectivity index (χ2v) is 5.07. The van der Waals surface area contributed by atoms with Gasteiger partial charge in [-0.25, -0.2) is 0 Å². The SMILES string of the molecule is CCC1CCC(CCCC(F)(F)F)(C(=O)O)C1. The van der Waals surface area contributed by atoms with Crippen molar-refractivity contribution in [2.75, 3.05) is 0 Å². The molecule has 5 heteroatoms. The lowest BCUT2D eigenvalue weighted by atomic mass is 9.80. The van der Waals surface area contributed by atoms with E-state index in [1.807, 2.05) is 6.92 Å².